The van der Waals surface area contributed by atoms with E-state index < -0.39 is 15.0 Å². The Hall–Kier alpha value is -0.733. The molecule has 0 aromatic rings. The zero-order valence-corrected chi connectivity index (χ0v) is 16.5. The molecule has 3 fully saturated rings. The Morgan fingerprint density at radius 1 is 1.25 bits per heavy atom. The van der Waals surface area contributed by atoms with Gasteiger partial charge in [0, 0.05) is 12.0 Å². The lowest BCUT2D eigenvalue weighted by Gasteiger charge is -2.47. The first-order valence-corrected chi connectivity index (χ1v) is 10.6. The van der Waals surface area contributed by atoms with Gasteiger partial charge in [-0.3, -0.25) is 0 Å². The molecular weight excluding hydrogens is 326 g/mol. The van der Waals surface area contributed by atoms with E-state index >= 15 is 0 Å². The molecule has 0 aliphatic carbocycles. The molecule has 0 aromatic heterocycles. The lowest BCUT2D eigenvalue weighted by molar-refractivity contribution is -0.936. The van der Waals surface area contributed by atoms with Crippen molar-refractivity contribution in [3.8, 4) is 0 Å². The smallest absolute Gasteiger partial charge is 0.449 e. The van der Waals surface area contributed by atoms with Crippen LogP contribution in [-0.4, -0.2) is 65.0 Å². The summed E-state index contributed by atoms with van der Waals surface area (Å²) in [7, 11) is -3.44. The van der Waals surface area contributed by atoms with E-state index in [0.29, 0.717) is 25.0 Å². The molecule has 2 bridgehead atoms. The Morgan fingerprint density at radius 2 is 1.88 bits per heavy atom. The van der Waals surface area contributed by atoms with E-state index in [1.807, 2.05) is 0 Å². The molecule has 0 aromatic carbocycles. The van der Waals surface area contributed by atoms with Crippen LogP contribution >= 0.6 is 0 Å². The average Bonchev–Trinajstić information content (AvgIpc) is 2.41. The maximum absolute atomic E-state index is 11.8. The number of hydrogen-bond donors (Lipinski definition) is 0. The van der Waals surface area contributed by atoms with Crippen LogP contribution in [-0.2, 0) is 22.5 Å². The maximum Gasteiger partial charge on any atom is 0.752 e. The summed E-state index contributed by atoms with van der Waals surface area (Å²) in [6.07, 6.45) is 1.99. The van der Waals surface area contributed by atoms with Crippen LogP contribution < -0.4 is 0 Å². The van der Waals surface area contributed by atoms with Crippen molar-refractivity contribution in [2.24, 2.45) is 11.8 Å². The molecular formula is C17H32NO5Si+. The summed E-state index contributed by atoms with van der Waals surface area (Å²) in [5.41, 5.74) is 0. The molecule has 1 unspecified atom stereocenters. The lowest BCUT2D eigenvalue weighted by Crippen LogP contribution is -2.67. The third-order valence-electron chi connectivity index (χ3n) is 4.47. The highest BCUT2D eigenvalue weighted by molar-refractivity contribution is 6.55. The van der Waals surface area contributed by atoms with Gasteiger partial charge >= 0.3 is 15.0 Å². The summed E-state index contributed by atoms with van der Waals surface area (Å²) in [6, 6.07) is 0. The number of quaternary nitrogens is 1. The van der Waals surface area contributed by atoms with Gasteiger partial charge in [0.2, 0.25) is 0 Å². The molecule has 7 heteroatoms. The van der Waals surface area contributed by atoms with Crippen LogP contribution in [0.5, 0.6) is 0 Å². The summed E-state index contributed by atoms with van der Waals surface area (Å²) in [6.45, 7) is 17.1. The van der Waals surface area contributed by atoms with Crippen molar-refractivity contribution < 1.29 is 27.0 Å². The molecule has 0 spiro atoms. The molecule has 3 saturated heterocycles. The van der Waals surface area contributed by atoms with Crippen molar-refractivity contribution in [2.75, 3.05) is 39.4 Å². The zero-order valence-electron chi connectivity index (χ0n) is 15.5. The monoisotopic (exact) mass is 358 g/mol. The molecule has 0 N–H and O–H groups in total. The van der Waals surface area contributed by atoms with Gasteiger partial charge in [-0.25, -0.2) is 4.79 Å². The number of fused-ring (bicyclic) bond motifs is 6. The fourth-order valence-electron chi connectivity index (χ4n) is 3.73. The predicted octanol–water partition coefficient (Wildman–Crippen LogP) is 2.12. The normalized spacial score (nSPS) is 33.8. The summed E-state index contributed by atoms with van der Waals surface area (Å²) in [5.74, 6) is 0.523. The molecule has 6 nitrogen and oxygen atoms in total. The minimum Gasteiger partial charge on any atom is -0.449 e. The Bertz CT molecular complexity index is 444. The van der Waals surface area contributed by atoms with E-state index in [-0.39, 0.29) is 6.10 Å². The van der Waals surface area contributed by atoms with E-state index in [1.165, 1.54) is 0 Å². The number of nitrogens with zero attached hydrogens (tertiary/aromatic N) is 1. The second kappa shape index (κ2) is 8.10. The van der Waals surface area contributed by atoms with Crippen molar-refractivity contribution in [1.82, 2.24) is 0 Å². The van der Waals surface area contributed by atoms with Crippen LogP contribution in [0.15, 0.2) is 12.7 Å². The van der Waals surface area contributed by atoms with Gasteiger partial charge in [-0.05, 0) is 12.3 Å². The van der Waals surface area contributed by atoms with Crippen LogP contribution in [0.3, 0.4) is 0 Å². The quantitative estimate of drug-likeness (QED) is 0.413. The Morgan fingerprint density at radius 3 is 2.38 bits per heavy atom. The topological polar surface area (TPSA) is 54.0 Å². The third kappa shape index (κ3) is 5.13. The van der Waals surface area contributed by atoms with Crippen LogP contribution in [0.4, 0.5) is 0 Å². The molecule has 3 heterocycles. The molecule has 3 aliphatic rings. The van der Waals surface area contributed by atoms with E-state index in [4.69, 9.17) is 17.7 Å². The highest BCUT2D eigenvalue weighted by Crippen LogP contribution is 2.28. The van der Waals surface area contributed by atoms with Gasteiger partial charge in [0.05, 0.1) is 19.8 Å². The highest BCUT2D eigenvalue weighted by atomic mass is 28.4. The summed E-state index contributed by atoms with van der Waals surface area (Å²) < 4.78 is 24.5. The first-order chi connectivity index (χ1) is 11.3. The molecule has 0 amide bonds. The van der Waals surface area contributed by atoms with Gasteiger partial charge in [0.25, 0.3) is 0 Å². The largest absolute Gasteiger partial charge is 0.752 e. The third-order valence-corrected chi connectivity index (χ3v) is 6.66. The first kappa shape index (κ1) is 19.6. The molecule has 24 heavy (non-hydrogen) atoms. The molecule has 138 valence electrons. The van der Waals surface area contributed by atoms with E-state index in [9.17, 15) is 4.79 Å². The minimum absolute atomic E-state index is 0.0337. The van der Waals surface area contributed by atoms with E-state index in [2.05, 4.69) is 34.3 Å². The fourth-order valence-corrected chi connectivity index (χ4v) is 5.71. The highest BCUT2D eigenvalue weighted by Gasteiger charge is 2.56. The summed E-state index contributed by atoms with van der Waals surface area (Å²) >= 11 is 0. The first-order valence-electron chi connectivity index (χ1n) is 8.94. The summed E-state index contributed by atoms with van der Waals surface area (Å²) in [5, 5.41) is 0. The van der Waals surface area contributed by atoms with Crippen molar-refractivity contribution >= 4 is 15.0 Å². The van der Waals surface area contributed by atoms with E-state index in [1.54, 1.807) is 0 Å². The Kier molecular flexibility index (Phi) is 6.61. The standard InChI is InChI=1S/C17H32NO5Si/c1-6-17(19)23-24-20-9-7-18(8-10-21-24,12-15(4)5)13-16(22-24)11-14(2)3/h6,14-16H,1,7-13H2,2-5H3/q+1. The predicted molar refractivity (Wildman–Crippen MR) is 92.8 cm³/mol. The molecule has 0 saturated carbocycles. The van der Waals surface area contributed by atoms with Gasteiger partial charge < -0.3 is 22.2 Å². The van der Waals surface area contributed by atoms with Gasteiger partial charge in [-0.2, -0.15) is 0 Å². The van der Waals surface area contributed by atoms with Crippen LogP contribution in [0.25, 0.3) is 0 Å². The molecule has 1 atom stereocenters. The van der Waals surface area contributed by atoms with Gasteiger partial charge in [0.1, 0.15) is 25.7 Å². The van der Waals surface area contributed by atoms with Gasteiger partial charge in [-0.1, -0.05) is 34.3 Å². The van der Waals surface area contributed by atoms with Crippen molar-refractivity contribution in [1.29, 1.82) is 0 Å². The number of hydrogen-bond acceptors (Lipinski definition) is 5. The molecule has 0 radical (unpaired) electrons. The van der Waals surface area contributed by atoms with Crippen LogP contribution in [0.1, 0.15) is 34.1 Å². The lowest BCUT2D eigenvalue weighted by atomic mass is 10.0. The van der Waals surface area contributed by atoms with Gasteiger partial charge in [0.15, 0.2) is 0 Å². The molecule has 3 rings (SSSR count). The van der Waals surface area contributed by atoms with Crippen LogP contribution in [0.2, 0.25) is 0 Å². The van der Waals surface area contributed by atoms with Crippen molar-refractivity contribution in [3.05, 3.63) is 12.7 Å². The molecule has 3 aliphatic heterocycles. The second-order valence-corrected chi connectivity index (χ2v) is 9.76. The fraction of sp³-hybridized carbons (Fsp3) is 0.824. The maximum atomic E-state index is 11.8. The number of carbonyl (C=O) groups excluding carboxylic acids is 1. The average molecular weight is 359 g/mol. The number of carbonyl (C=O) groups is 1. The number of rotatable bonds is 6. The van der Waals surface area contributed by atoms with Crippen LogP contribution in [0, 0.1) is 11.8 Å². The second-order valence-electron chi connectivity index (χ2n) is 7.74. The minimum atomic E-state index is -3.44. The Labute approximate surface area is 146 Å². The SMILES string of the molecule is C=CC(=O)O[Si]12OCC[N+](CC(C)C)(CCO1)CC(CC(C)C)O2. The van der Waals surface area contributed by atoms with Crippen molar-refractivity contribution in [2.45, 2.75) is 40.2 Å². The van der Waals surface area contributed by atoms with E-state index in [0.717, 1.165) is 43.2 Å². The van der Waals surface area contributed by atoms with Crippen molar-refractivity contribution in [3.63, 3.8) is 0 Å². The van der Waals surface area contributed by atoms with Gasteiger partial charge in [-0.15, -0.1) is 0 Å². The Balaban J connectivity index is 2.26. The summed E-state index contributed by atoms with van der Waals surface area (Å²) in [4.78, 5) is 11.8. The zero-order chi connectivity index (χ0) is 17.8.